The molecule has 2 aromatic rings. The fourth-order valence-electron chi connectivity index (χ4n) is 1.84. The quantitative estimate of drug-likeness (QED) is 0.862. The molecule has 7 nitrogen and oxygen atoms in total. The first-order chi connectivity index (χ1) is 9.99. The first-order valence-corrected chi connectivity index (χ1v) is 5.95. The maximum atomic E-state index is 11.9. The third kappa shape index (κ3) is 2.58. The molecule has 0 aliphatic rings. The Morgan fingerprint density at radius 1 is 1.19 bits per heavy atom. The number of hydrogen-bond donors (Lipinski definition) is 1. The second kappa shape index (κ2) is 5.66. The van der Waals surface area contributed by atoms with Crippen LogP contribution in [-0.4, -0.2) is 36.4 Å². The molecule has 0 fully saturated rings. The molecule has 0 bridgehead atoms. The fourth-order valence-corrected chi connectivity index (χ4v) is 1.84. The van der Waals surface area contributed by atoms with Crippen molar-refractivity contribution in [2.24, 2.45) is 0 Å². The normalized spacial score (nSPS) is 10.2. The van der Waals surface area contributed by atoms with E-state index in [-0.39, 0.29) is 28.3 Å². The molecule has 7 heteroatoms. The molecule has 0 spiro atoms. The van der Waals surface area contributed by atoms with E-state index in [1.165, 1.54) is 6.07 Å². The SMILES string of the molecule is COC(=O)c1onc(-c2cc(C)ccc2O)c1C(=O)OC. The topological polar surface area (TPSA) is 98.9 Å². The average molecular weight is 291 g/mol. The maximum absolute atomic E-state index is 11.9. The molecule has 0 atom stereocenters. The van der Waals surface area contributed by atoms with Crippen LogP contribution in [0.4, 0.5) is 0 Å². The highest BCUT2D eigenvalue weighted by atomic mass is 16.6. The molecule has 1 aromatic carbocycles. The van der Waals surface area contributed by atoms with Gasteiger partial charge in [-0.1, -0.05) is 16.8 Å². The van der Waals surface area contributed by atoms with Gasteiger partial charge in [-0.25, -0.2) is 9.59 Å². The van der Waals surface area contributed by atoms with E-state index >= 15 is 0 Å². The third-order valence-corrected chi connectivity index (χ3v) is 2.86. The van der Waals surface area contributed by atoms with Crippen LogP contribution in [-0.2, 0) is 9.47 Å². The second-order valence-corrected chi connectivity index (χ2v) is 4.24. The number of methoxy groups -OCH3 is 2. The number of esters is 2. The van der Waals surface area contributed by atoms with Crippen LogP contribution in [0.15, 0.2) is 22.7 Å². The highest BCUT2D eigenvalue weighted by Gasteiger charge is 2.30. The number of carbonyl (C=O) groups excluding carboxylic acids is 2. The van der Waals surface area contributed by atoms with Gasteiger partial charge in [0.25, 0.3) is 5.76 Å². The second-order valence-electron chi connectivity index (χ2n) is 4.24. The summed E-state index contributed by atoms with van der Waals surface area (Å²) < 4.78 is 14.0. The van der Waals surface area contributed by atoms with Crippen LogP contribution in [0.3, 0.4) is 0 Å². The predicted octanol–water partition coefficient (Wildman–Crippen LogP) is 1.93. The summed E-state index contributed by atoms with van der Waals surface area (Å²) in [6.45, 7) is 1.81. The standard InChI is InChI=1S/C14H13NO6/c1-7-4-5-9(16)8(6-7)11-10(13(17)19-2)12(21-15-11)14(18)20-3/h4-6,16H,1-3H3. The summed E-state index contributed by atoms with van der Waals surface area (Å²) in [4.78, 5) is 23.5. The lowest BCUT2D eigenvalue weighted by Crippen LogP contribution is -2.10. The van der Waals surface area contributed by atoms with Gasteiger partial charge in [-0.2, -0.15) is 0 Å². The summed E-state index contributed by atoms with van der Waals surface area (Å²) in [7, 11) is 2.31. The van der Waals surface area contributed by atoms with E-state index in [0.717, 1.165) is 19.8 Å². The lowest BCUT2D eigenvalue weighted by atomic mass is 10.0. The highest BCUT2D eigenvalue weighted by molar-refractivity contribution is 6.05. The molecule has 0 aliphatic heterocycles. The van der Waals surface area contributed by atoms with Crippen LogP contribution >= 0.6 is 0 Å². The molecule has 1 N–H and O–H groups in total. The Hall–Kier alpha value is -2.83. The Kier molecular flexibility index (Phi) is 3.93. The van der Waals surface area contributed by atoms with Crippen molar-refractivity contribution in [1.82, 2.24) is 5.16 Å². The minimum atomic E-state index is -0.860. The predicted molar refractivity (Wildman–Crippen MR) is 71.0 cm³/mol. The van der Waals surface area contributed by atoms with E-state index < -0.39 is 11.9 Å². The highest BCUT2D eigenvalue weighted by Crippen LogP contribution is 2.33. The van der Waals surface area contributed by atoms with Crippen LogP contribution in [0.2, 0.25) is 0 Å². The Balaban J connectivity index is 2.69. The summed E-state index contributed by atoms with van der Waals surface area (Å²) >= 11 is 0. The van der Waals surface area contributed by atoms with Crippen molar-refractivity contribution in [2.75, 3.05) is 14.2 Å². The average Bonchev–Trinajstić information content (AvgIpc) is 2.92. The van der Waals surface area contributed by atoms with Gasteiger partial charge in [0, 0.05) is 5.56 Å². The molecular weight excluding hydrogens is 278 g/mol. The molecule has 21 heavy (non-hydrogen) atoms. The van der Waals surface area contributed by atoms with Crippen molar-refractivity contribution in [3.8, 4) is 17.0 Å². The minimum absolute atomic E-state index is 0.0171. The van der Waals surface area contributed by atoms with Crippen molar-refractivity contribution >= 4 is 11.9 Å². The van der Waals surface area contributed by atoms with E-state index in [0.29, 0.717) is 0 Å². The Morgan fingerprint density at radius 3 is 2.48 bits per heavy atom. The number of nitrogens with zero attached hydrogens (tertiary/aromatic N) is 1. The van der Waals surface area contributed by atoms with E-state index in [4.69, 9.17) is 4.52 Å². The number of benzene rings is 1. The summed E-state index contributed by atoms with van der Waals surface area (Å²) in [6.07, 6.45) is 0. The third-order valence-electron chi connectivity index (χ3n) is 2.86. The van der Waals surface area contributed by atoms with Gasteiger partial charge in [0.05, 0.1) is 14.2 Å². The van der Waals surface area contributed by atoms with Crippen LogP contribution in [0.5, 0.6) is 5.75 Å². The molecule has 0 aliphatic carbocycles. The fraction of sp³-hybridized carbons (Fsp3) is 0.214. The Morgan fingerprint density at radius 2 is 1.86 bits per heavy atom. The zero-order chi connectivity index (χ0) is 15.6. The molecule has 1 aromatic heterocycles. The van der Waals surface area contributed by atoms with Gasteiger partial charge in [0.1, 0.15) is 17.0 Å². The zero-order valence-corrected chi connectivity index (χ0v) is 11.7. The molecule has 2 rings (SSSR count). The van der Waals surface area contributed by atoms with Gasteiger partial charge < -0.3 is 19.1 Å². The van der Waals surface area contributed by atoms with Crippen LogP contribution in [0, 0.1) is 6.92 Å². The molecule has 0 radical (unpaired) electrons. The van der Waals surface area contributed by atoms with Gasteiger partial charge in [0.2, 0.25) is 0 Å². The Labute approximate surface area is 120 Å². The largest absolute Gasteiger partial charge is 0.507 e. The van der Waals surface area contributed by atoms with Gasteiger partial charge >= 0.3 is 11.9 Å². The first-order valence-electron chi connectivity index (χ1n) is 5.95. The molecule has 0 unspecified atom stereocenters. The molecule has 0 saturated heterocycles. The monoisotopic (exact) mass is 291 g/mol. The molecule has 0 amide bonds. The number of ether oxygens (including phenoxy) is 2. The molecule has 0 saturated carbocycles. The number of phenolic OH excluding ortho intramolecular Hbond substituents is 1. The van der Waals surface area contributed by atoms with Crippen molar-refractivity contribution < 1.29 is 28.7 Å². The number of phenols is 1. The van der Waals surface area contributed by atoms with Gasteiger partial charge in [-0.05, 0) is 19.1 Å². The van der Waals surface area contributed by atoms with Crippen LogP contribution < -0.4 is 0 Å². The number of aryl methyl sites for hydroxylation is 1. The lowest BCUT2D eigenvalue weighted by Gasteiger charge is -2.05. The van der Waals surface area contributed by atoms with E-state index in [1.54, 1.807) is 12.1 Å². The van der Waals surface area contributed by atoms with Crippen molar-refractivity contribution in [1.29, 1.82) is 0 Å². The van der Waals surface area contributed by atoms with Gasteiger partial charge in [-0.15, -0.1) is 0 Å². The summed E-state index contributed by atoms with van der Waals surface area (Å²) in [6, 6.07) is 4.76. The smallest absolute Gasteiger partial charge is 0.377 e. The van der Waals surface area contributed by atoms with E-state index in [2.05, 4.69) is 14.6 Å². The molecule has 110 valence electrons. The Bertz CT molecular complexity index is 703. The van der Waals surface area contributed by atoms with E-state index in [9.17, 15) is 14.7 Å². The number of aromatic nitrogens is 1. The zero-order valence-electron chi connectivity index (χ0n) is 11.7. The van der Waals surface area contributed by atoms with Crippen LogP contribution in [0.1, 0.15) is 26.5 Å². The van der Waals surface area contributed by atoms with E-state index in [1.807, 2.05) is 6.92 Å². The summed E-state index contributed by atoms with van der Waals surface area (Å²) in [5, 5.41) is 13.6. The number of carbonyl (C=O) groups is 2. The summed E-state index contributed by atoms with van der Waals surface area (Å²) in [5.74, 6) is -2.15. The van der Waals surface area contributed by atoms with Crippen molar-refractivity contribution in [3.05, 3.63) is 35.1 Å². The maximum Gasteiger partial charge on any atom is 0.377 e. The molecular formula is C14H13NO6. The molecule has 1 heterocycles. The minimum Gasteiger partial charge on any atom is -0.507 e. The van der Waals surface area contributed by atoms with Gasteiger partial charge in [0.15, 0.2) is 0 Å². The van der Waals surface area contributed by atoms with Crippen molar-refractivity contribution in [3.63, 3.8) is 0 Å². The van der Waals surface area contributed by atoms with Crippen molar-refractivity contribution in [2.45, 2.75) is 6.92 Å². The van der Waals surface area contributed by atoms with Crippen LogP contribution in [0.25, 0.3) is 11.3 Å². The van der Waals surface area contributed by atoms with Gasteiger partial charge in [-0.3, -0.25) is 0 Å². The number of hydrogen-bond acceptors (Lipinski definition) is 7. The number of aromatic hydroxyl groups is 1. The summed E-state index contributed by atoms with van der Waals surface area (Å²) in [5.41, 5.74) is 0.921. The lowest BCUT2D eigenvalue weighted by molar-refractivity contribution is 0.0521. The number of rotatable bonds is 3. The first kappa shape index (κ1) is 14.6.